The molecule has 1 aromatic rings. The number of hydrogen-bond acceptors (Lipinski definition) is 3. The van der Waals surface area contributed by atoms with E-state index >= 15 is 0 Å². The van der Waals surface area contributed by atoms with Crippen LogP contribution in [-0.4, -0.2) is 41.0 Å². The zero-order valence-electron chi connectivity index (χ0n) is 10.1. The number of nitrogens with zero attached hydrogens (tertiary/aromatic N) is 1. The van der Waals surface area contributed by atoms with Gasteiger partial charge in [0.1, 0.15) is 13.1 Å². The standard InChI is InChI=1S/C11H11BrClN3O4/c12-10-6(13)2-1-3-7(10)15-11(20)16(4-8(14)17)5-9(18)19/h1-3H,4-5H2,(H2,14,17)(H,15,20)(H,18,19). The largest absolute Gasteiger partial charge is 0.480 e. The van der Waals surface area contributed by atoms with E-state index in [2.05, 4.69) is 21.2 Å². The predicted octanol–water partition coefficient (Wildman–Crippen LogP) is 1.51. The second kappa shape index (κ2) is 7.11. The van der Waals surface area contributed by atoms with Gasteiger partial charge < -0.3 is 21.1 Å². The molecular weight excluding hydrogens is 353 g/mol. The van der Waals surface area contributed by atoms with Gasteiger partial charge in [-0.3, -0.25) is 9.59 Å². The van der Waals surface area contributed by atoms with Crippen molar-refractivity contribution in [1.29, 1.82) is 0 Å². The third kappa shape index (κ3) is 4.71. The maximum atomic E-state index is 11.9. The van der Waals surface area contributed by atoms with Crippen LogP contribution in [0.3, 0.4) is 0 Å². The number of carbonyl (C=O) groups excluding carboxylic acids is 2. The lowest BCUT2D eigenvalue weighted by Crippen LogP contribution is -2.43. The normalized spacial score (nSPS) is 9.90. The second-order valence-electron chi connectivity index (χ2n) is 3.75. The number of hydrogen-bond donors (Lipinski definition) is 3. The van der Waals surface area contributed by atoms with Crippen molar-refractivity contribution in [3.8, 4) is 0 Å². The Kier molecular flexibility index (Phi) is 5.78. The lowest BCUT2D eigenvalue weighted by Gasteiger charge is -2.20. The van der Waals surface area contributed by atoms with E-state index in [-0.39, 0.29) is 0 Å². The lowest BCUT2D eigenvalue weighted by molar-refractivity contribution is -0.137. The summed E-state index contributed by atoms with van der Waals surface area (Å²) in [5.41, 5.74) is 5.32. The monoisotopic (exact) mass is 363 g/mol. The predicted molar refractivity (Wildman–Crippen MR) is 76.6 cm³/mol. The Balaban J connectivity index is 2.87. The van der Waals surface area contributed by atoms with E-state index in [0.29, 0.717) is 15.2 Å². The quantitative estimate of drug-likeness (QED) is 0.735. The van der Waals surface area contributed by atoms with Gasteiger partial charge in [0.25, 0.3) is 0 Å². The van der Waals surface area contributed by atoms with Gasteiger partial charge in [0.15, 0.2) is 0 Å². The van der Waals surface area contributed by atoms with E-state index in [0.717, 1.165) is 4.90 Å². The molecule has 0 aromatic heterocycles. The number of nitrogens with one attached hydrogen (secondary N) is 1. The van der Waals surface area contributed by atoms with E-state index in [1.54, 1.807) is 18.2 Å². The van der Waals surface area contributed by atoms with Crippen LogP contribution in [0.5, 0.6) is 0 Å². The minimum Gasteiger partial charge on any atom is -0.480 e. The molecule has 0 bridgehead atoms. The highest BCUT2D eigenvalue weighted by atomic mass is 79.9. The molecule has 0 atom stereocenters. The van der Waals surface area contributed by atoms with Crippen molar-refractivity contribution in [3.63, 3.8) is 0 Å². The van der Waals surface area contributed by atoms with Crippen LogP contribution in [0.1, 0.15) is 0 Å². The Morgan fingerprint density at radius 3 is 2.55 bits per heavy atom. The van der Waals surface area contributed by atoms with Crippen molar-refractivity contribution in [3.05, 3.63) is 27.7 Å². The Labute approximate surface area is 127 Å². The fourth-order valence-electron chi connectivity index (χ4n) is 1.35. The molecule has 0 spiro atoms. The van der Waals surface area contributed by atoms with Crippen molar-refractivity contribution < 1.29 is 19.5 Å². The highest BCUT2D eigenvalue weighted by molar-refractivity contribution is 9.10. The summed E-state index contributed by atoms with van der Waals surface area (Å²) in [4.78, 5) is 34.2. The Morgan fingerprint density at radius 2 is 2.00 bits per heavy atom. The number of halogens is 2. The first-order chi connectivity index (χ1) is 9.31. The SMILES string of the molecule is NC(=O)CN(CC(=O)O)C(=O)Nc1cccc(Cl)c1Br. The first-order valence-corrected chi connectivity index (χ1v) is 6.48. The number of aliphatic carboxylic acids is 1. The first-order valence-electron chi connectivity index (χ1n) is 5.31. The average Bonchev–Trinajstić information content (AvgIpc) is 2.33. The summed E-state index contributed by atoms with van der Waals surface area (Å²) in [6.45, 7) is -1.15. The summed E-state index contributed by atoms with van der Waals surface area (Å²) in [6, 6.07) is 4.02. The van der Waals surface area contributed by atoms with Gasteiger partial charge in [-0.2, -0.15) is 0 Å². The molecule has 9 heteroatoms. The zero-order valence-corrected chi connectivity index (χ0v) is 12.4. The molecule has 0 aliphatic rings. The Bertz CT molecular complexity index is 536. The van der Waals surface area contributed by atoms with E-state index in [4.69, 9.17) is 22.4 Å². The van der Waals surface area contributed by atoms with Crippen LogP contribution >= 0.6 is 27.5 Å². The van der Waals surface area contributed by atoms with Crippen LogP contribution in [0.4, 0.5) is 10.5 Å². The van der Waals surface area contributed by atoms with Crippen LogP contribution in [0.15, 0.2) is 22.7 Å². The fraction of sp³-hybridized carbons (Fsp3) is 0.182. The number of carboxylic acid groups (broad SMARTS) is 1. The maximum absolute atomic E-state index is 11.9. The molecule has 0 heterocycles. The molecule has 0 fully saturated rings. The highest BCUT2D eigenvalue weighted by Crippen LogP contribution is 2.30. The van der Waals surface area contributed by atoms with E-state index in [1.165, 1.54) is 0 Å². The smallest absolute Gasteiger partial charge is 0.323 e. The third-order valence-electron chi connectivity index (χ3n) is 2.15. The number of primary amides is 1. The van der Waals surface area contributed by atoms with E-state index < -0.39 is 31.0 Å². The maximum Gasteiger partial charge on any atom is 0.323 e. The van der Waals surface area contributed by atoms with Crippen LogP contribution in [0.2, 0.25) is 5.02 Å². The molecular formula is C11H11BrClN3O4. The van der Waals surface area contributed by atoms with Crippen LogP contribution in [0.25, 0.3) is 0 Å². The molecule has 0 unspecified atom stereocenters. The fourth-order valence-corrected chi connectivity index (χ4v) is 1.88. The van der Waals surface area contributed by atoms with Gasteiger partial charge >= 0.3 is 12.0 Å². The number of amides is 3. The van der Waals surface area contributed by atoms with Crippen molar-refractivity contribution in [1.82, 2.24) is 4.90 Å². The summed E-state index contributed by atoms with van der Waals surface area (Å²) < 4.78 is 0.448. The molecule has 0 saturated carbocycles. The number of urea groups is 1. The molecule has 0 aliphatic carbocycles. The van der Waals surface area contributed by atoms with Gasteiger partial charge in [-0.1, -0.05) is 17.7 Å². The summed E-state index contributed by atoms with van der Waals surface area (Å²) >= 11 is 9.05. The molecule has 1 aromatic carbocycles. The molecule has 0 aliphatic heterocycles. The molecule has 108 valence electrons. The lowest BCUT2D eigenvalue weighted by atomic mass is 10.3. The Morgan fingerprint density at radius 1 is 1.35 bits per heavy atom. The van der Waals surface area contributed by atoms with E-state index in [1.807, 2.05) is 0 Å². The summed E-state index contributed by atoms with van der Waals surface area (Å²) in [5.74, 6) is -2.07. The number of carboxylic acids is 1. The first kappa shape index (κ1) is 16.3. The van der Waals surface area contributed by atoms with Gasteiger partial charge in [0.2, 0.25) is 5.91 Å². The number of carbonyl (C=O) groups is 3. The molecule has 0 saturated heterocycles. The molecule has 1 rings (SSSR count). The summed E-state index contributed by atoms with van der Waals surface area (Å²) in [5, 5.41) is 11.5. The second-order valence-corrected chi connectivity index (χ2v) is 4.95. The molecule has 7 nitrogen and oxygen atoms in total. The minimum absolute atomic E-state index is 0.349. The van der Waals surface area contributed by atoms with Crippen molar-refractivity contribution >= 4 is 51.1 Å². The number of benzene rings is 1. The van der Waals surface area contributed by atoms with Gasteiger partial charge in [-0.15, -0.1) is 0 Å². The molecule has 20 heavy (non-hydrogen) atoms. The van der Waals surface area contributed by atoms with Crippen LogP contribution in [-0.2, 0) is 9.59 Å². The van der Waals surface area contributed by atoms with Crippen LogP contribution in [0, 0.1) is 0 Å². The summed E-state index contributed by atoms with van der Waals surface area (Å²) in [7, 11) is 0. The van der Waals surface area contributed by atoms with Gasteiger partial charge in [0.05, 0.1) is 15.2 Å². The molecule has 4 N–H and O–H groups in total. The van der Waals surface area contributed by atoms with Crippen LogP contribution < -0.4 is 11.1 Å². The average molecular weight is 365 g/mol. The summed E-state index contributed by atoms with van der Waals surface area (Å²) in [6.07, 6.45) is 0. The number of rotatable bonds is 5. The zero-order chi connectivity index (χ0) is 15.3. The van der Waals surface area contributed by atoms with Gasteiger partial charge in [-0.25, -0.2) is 4.79 Å². The third-order valence-corrected chi connectivity index (χ3v) is 3.55. The molecule has 3 amide bonds. The van der Waals surface area contributed by atoms with Crippen molar-refractivity contribution in [2.24, 2.45) is 5.73 Å². The van der Waals surface area contributed by atoms with E-state index in [9.17, 15) is 14.4 Å². The highest BCUT2D eigenvalue weighted by Gasteiger charge is 2.19. The minimum atomic E-state index is -1.26. The van der Waals surface area contributed by atoms with Gasteiger partial charge in [0, 0.05) is 0 Å². The molecule has 0 radical (unpaired) electrons. The van der Waals surface area contributed by atoms with Gasteiger partial charge in [-0.05, 0) is 28.1 Å². The Hall–Kier alpha value is -1.80. The van der Waals surface area contributed by atoms with Crippen molar-refractivity contribution in [2.45, 2.75) is 0 Å². The number of anilines is 1. The number of nitrogens with two attached hydrogens (primary N) is 1. The topological polar surface area (TPSA) is 113 Å². The van der Waals surface area contributed by atoms with Crippen molar-refractivity contribution in [2.75, 3.05) is 18.4 Å².